The topological polar surface area (TPSA) is 169 Å². The van der Waals surface area contributed by atoms with Crippen LogP contribution in [0.5, 0.6) is 0 Å². The predicted molar refractivity (Wildman–Crippen MR) is 236 cm³/mol. The molecule has 0 aromatic heterocycles. The van der Waals surface area contributed by atoms with Crippen LogP contribution in [0.25, 0.3) is 0 Å². The van der Waals surface area contributed by atoms with Gasteiger partial charge >= 0.3 is 0 Å². The van der Waals surface area contributed by atoms with Gasteiger partial charge < -0.3 is 45.4 Å². The van der Waals surface area contributed by atoms with Gasteiger partial charge in [0, 0.05) is 0 Å². The summed E-state index contributed by atoms with van der Waals surface area (Å²) >= 11 is 0. The summed E-state index contributed by atoms with van der Waals surface area (Å²) in [6, 6.07) is -0.992. The van der Waals surface area contributed by atoms with Crippen molar-refractivity contribution in [1.82, 2.24) is 5.32 Å². The van der Waals surface area contributed by atoms with Crippen LogP contribution in [0.4, 0.5) is 0 Å². The van der Waals surface area contributed by atoms with Crippen LogP contribution < -0.4 is 5.32 Å². The number of nitrogens with one attached hydrogen (secondary N) is 1. The number of rotatable bonds is 40. The Hall–Kier alpha value is -1.37. The molecule has 0 radical (unpaired) electrons. The Morgan fingerprint density at radius 3 is 1.50 bits per heavy atom. The van der Waals surface area contributed by atoms with E-state index in [1.807, 2.05) is 6.08 Å². The fourth-order valence-electron chi connectivity index (χ4n) is 7.65. The average molecular weight is 826 g/mol. The van der Waals surface area contributed by atoms with Crippen LogP contribution in [-0.2, 0) is 14.3 Å². The van der Waals surface area contributed by atoms with E-state index in [1.165, 1.54) is 148 Å². The number of amides is 1. The normalized spacial score (nSPS) is 21.6. The molecule has 1 aliphatic rings. The summed E-state index contributed by atoms with van der Waals surface area (Å²) < 4.78 is 11.1. The second-order valence-electron chi connectivity index (χ2n) is 17.0. The molecule has 1 rings (SSSR count). The van der Waals surface area contributed by atoms with E-state index in [9.17, 15) is 35.4 Å². The van der Waals surface area contributed by atoms with E-state index >= 15 is 0 Å². The molecule has 1 aliphatic heterocycles. The molecule has 1 heterocycles. The zero-order valence-corrected chi connectivity index (χ0v) is 37.2. The van der Waals surface area contributed by atoms with E-state index in [0.29, 0.717) is 19.3 Å². The van der Waals surface area contributed by atoms with Crippen LogP contribution in [-0.4, -0.2) is 98.7 Å². The monoisotopic (exact) mass is 826 g/mol. The van der Waals surface area contributed by atoms with E-state index in [1.54, 1.807) is 6.08 Å². The molecule has 10 heteroatoms. The Morgan fingerprint density at radius 2 is 1.02 bits per heavy atom. The van der Waals surface area contributed by atoms with Gasteiger partial charge in [0.05, 0.1) is 25.4 Å². The van der Waals surface area contributed by atoms with Gasteiger partial charge in [-0.2, -0.15) is 0 Å². The summed E-state index contributed by atoms with van der Waals surface area (Å²) in [5, 5.41) is 64.6. The van der Waals surface area contributed by atoms with Gasteiger partial charge in [-0.3, -0.25) is 4.79 Å². The Bertz CT molecular complexity index is 979. The van der Waals surface area contributed by atoms with Gasteiger partial charge in [-0.25, -0.2) is 0 Å². The van der Waals surface area contributed by atoms with Crippen LogP contribution in [0.15, 0.2) is 24.3 Å². The molecular weight excluding hydrogens is 735 g/mol. The second kappa shape index (κ2) is 38.5. The minimum absolute atomic E-state index is 0.308. The first-order chi connectivity index (χ1) is 28.3. The Labute approximate surface area is 354 Å². The lowest BCUT2D eigenvalue weighted by Gasteiger charge is -2.40. The van der Waals surface area contributed by atoms with Crippen LogP contribution >= 0.6 is 0 Å². The third-order valence-electron chi connectivity index (χ3n) is 11.6. The van der Waals surface area contributed by atoms with Crippen molar-refractivity contribution in [3.05, 3.63) is 24.3 Å². The van der Waals surface area contributed by atoms with Crippen LogP contribution in [0, 0.1) is 0 Å². The van der Waals surface area contributed by atoms with Crippen molar-refractivity contribution < 1.29 is 44.9 Å². The first kappa shape index (κ1) is 54.6. The third kappa shape index (κ3) is 28.2. The SMILES string of the molecule is CCCCCCCCC/C=C/CC/C=C/C(O)C(COC1OC(CO)C(O)C(O)C1O)NC(=O)C(O)CCCCCCCCCCCCCCCCCCCCCC. The molecule has 8 atom stereocenters. The van der Waals surface area contributed by atoms with Crippen LogP contribution in [0.3, 0.4) is 0 Å². The number of hydrogen-bond donors (Lipinski definition) is 7. The Balaban J connectivity index is 2.36. The predicted octanol–water partition coefficient (Wildman–Crippen LogP) is 9.25. The highest BCUT2D eigenvalue weighted by Gasteiger charge is 2.44. The first-order valence-corrected chi connectivity index (χ1v) is 24.2. The first-order valence-electron chi connectivity index (χ1n) is 24.2. The molecule has 58 heavy (non-hydrogen) atoms. The highest BCUT2D eigenvalue weighted by molar-refractivity contribution is 5.80. The van der Waals surface area contributed by atoms with E-state index in [4.69, 9.17) is 9.47 Å². The molecule has 0 aromatic carbocycles. The number of carbonyl (C=O) groups is 1. The number of unbranched alkanes of at least 4 members (excludes halogenated alkanes) is 27. The van der Waals surface area contributed by atoms with Crippen LogP contribution in [0.1, 0.15) is 213 Å². The van der Waals surface area contributed by atoms with Gasteiger partial charge in [0.2, 0.25) is 5.91 Å². The maximum Gasteiger partial charge on any atom is 0.249 e. The smallest absolute Gasteiger partial charge is 0.249 e. The maximum absolute atomic E-state index is 13.0. The number of ether oxygens (including phenoxy) is 2. The fraction of sp³-hybridized carbons (Fsp3) is 0.896. The lowest BCUT2D eigenvalue weighted by molar-refractivity contribution is -0.302. The quantitative estimate of drug-likeness (QED) is 0.0235. The van der Waals surface area contributed by atoms with Crippen LogP contribution in [0.2, 0.25) is 0 Å². The minimum Gasteiger partial charge on any atom is -0.394 e. The van der Waals surface area contributed by atoms with Crippen molar-refractivity contribution in [2.45, 2.75) is 262 Å². The molecule has 0 saturated carbocycles. The minimum atomic E-state index is -1.61. The molecule has 1 saturated heterocycles. The molecule has 10 nitrogen and oxygen atoms in total. The molecule has 8 unspecified atom stereocenters. The standard InChI is InChI=1S/C48H91NO9/c1-3-5-7-9-11-13-15-17-18-19-20-21-22-23-25-27-29-31-33-35-37-42(52)47(56)49-40(39-57-48-46(55)45(54)44(53)43(38-50)58-48)41(51)36-34-32-30-28-26-24-16-14-12-10-8-6-4-2/h26,28,34,36,40-46,48,50-55H,3-25,27,29-33,35,37-39H2,1-2H3,(H,49,56)/b28-26+,36-34+. The van der Waals surface area contributed by atoms with Gasteiger partial charge in [-0.1, -0.05) is 205 Å². The lowest BCUT2D eigenvalue weighted by atomic mass is 9.99. The highest BCUT2D eigenvalue weighted by atomic mass is 16.7. The van der Waals surface area contributed by atoms with Gasteiger partial charge in [0.1, 0.15) is 30.5 Å². The zero-order chi connectivity index (χ0) is 42.5. The van der Waals surface area contributed by atoms with Crippen molar-refractivity contribution in [3.8, 4) is 0 Å². The number of carbonyl (C=O) groups excluding carboxylic acids is 1. The van der Waals surface area contributed by atoms with Crippen molar-refractivity contribution in [1.29, 1.82) is 0 Å². The molecule has 7 N–H and O–H groups in total. The molecule has 1 fully saturated rings. The highest BCUT2D eigenvalue weighted by Crippen LogP contribution is 2.23. The van der Waals surface area contributed by atoms with E-state index in [0.717, 1.165) is 32.1 Å². The van der Waals surface area contributed by atoms with E-state index in [-0.39, 0.29) is 6.61 Å². The van der Waals surface area contributed by atoms with Gasteiger partial charge in [-0.15, -0.1) is 0 Å². The maximum atomic E-state index is 13.0. The summed E-state index contributed by atoms with van der Waals surface area (Å²) in [7, 11) is 0. The number of aliphatic hydroxyl groups is 6. The number of hydrogen-bond acceptors (Lipinski definition) is 9. The van der Waals surface area contributed by atoms with Crippen molar-refractivity contribution >= 4 is 5.91 Å². The van der Waals surface area contributed by atoms with Gasteiger partial charge in [-0.05, 0) is 32.1 Å². The summed E-state index contributed by atoms with van der Waals surface area (Å²) in [5.41, 5.74) is 0. The zero-order valence-electron chi connectivity index (χ0n) is 37.2. The Kier molecular flexibility index (Phi) is 36.3. The van der Waals surface area contributed by atoms with Crippen molar-refractivity contribution in [2.75, 3.05) is 13.2 Å². The summed E-state index contributed by atoms with van der Waals surface area (Å²) in [4.78, 5) is 13.0. The third-order valence-corrected chi connectivity index (χ3v) is 11.6. The average Bonchev–Trinajstić information content (AvgIpc) is 3.22. The summed E-state index contributed by atoms with van der Waals surface area (Å²) in [6.45, 7) is 3.59. The molecule has 0 aliphatic carbocycles. The summed E-state index contributed by atoms with van der Waals surface area (Å²) in [5.74, 6) is -0.624. The summed E-state index contributed by atoms with van der Waals surface area (Å²) in [6.07, 6.45) is 35.6. The molecule has 0 spiro atoms. The van der Waals surface area contributed by atoms with E-state index < -0.39 is 61.5 Å². The number of allylic oxidation sites excluding steroid dienone is 3. The molecule has 342 valence electrons. The molecule has 0 bridgehead atoms. The van der Waals surface area contributed by atoms with Crippen molar-refractivity contribution in [2.24, 2.45) is 0 Å². The second-order valence-corrected chi connectivity index (χ2v) is 17.0. The van der Waals surface area contributed by atoms with Gasteiger partial charge in [0.25, 0.3) is 0 Å². The lowest BCUT2D eigenvalue weighted by Crippen LogP contribution is -2.60. The van der Waals surface area contributed by atoms with E-state index in [2.05, 4.69) is 31.3 Å². The van der Waals surface area contributed by atoms with Gasteiger partial charge in [0.15, 0.2) is 6.29 Å². The van der Waals surface area contributed by atoms with Crippen molar-refractivity contribution in [3.63, 3.8) is 0 Å². The fourth-order valence-corrected chi connectivity index (χ4v) is 7.65. The number of aliphatic hydroxyl groups excluding tert-OH is 6. The molecular formula is C48H91NO9. The largest absolute Gasteiger partial charge is 0.394 e. The Morgan fingerprint density at radius 1 is 0.586 bits per heavy atom. The molecule has 1 amide bonds. The molecule has 0 aromatic rings.